The number of carbonyl (C=O) groups excluding carboxylic acids is 1. The fourth-order valence-electron chi connectivity index (χ4n) is 2.66. The largest absolute Gasteiger partial charge is 0.356 e. The van der Waals surface area contributed by atoms with Crippen molar-refractivity contribution >= 4 is 17.7 Å². The van der Waals surface area contributed by atoms with Gasteiger partial charge < -0.3 is 15.5 Å². The number of rotatable bonds is 4. The van der Waals surface area contributed by atoms with Gasteiger partial charge in [0.2, 0.25) is 5.91 Å². The standard InChI is InChI=1S/C17H27N5O/c1-13-5-6-14(20-11-13)21-15(23)7-9-19-16(18-4)22-10-8-17(2,3)12-22/h5-6,11H,7-10,12H2,1-4H3,(H,18,19)(H,20,21,23). The third-order valence-electron chi connectivity index (χ3n) is 4.00. The molecule has 0 aliphatic carbocycles. The molecule has 1 saturated heterocycles. The molecule has 0 bridgehead atoms. The summed E-state index contributed by atoms with van der Waals surface area (Å²) in [5.74, 6) is 1.41. The molecule has 1 aromatic rings. The number of aliphatic imine (C=N–C) groups is 1. The third kappa shape index (κ3) is 5.23. The van der Waals surface area contributed by atoms with Gasteiger partial charge in [0.25, 0.3) is 0 Å². The van der Waals surface area contributed by atoms with Crippen LogP contribution in [-0.4, -0.2) is 48.4 Å². The van der Waals surface area contributed by atoms with Crippen LogP contribution in [0, 0.1) is 12.3 Å². The maximum Gasteiger partial charge on any atom is 0.227 e. The van der Waals surface area contributed by atoms with Gasteiger partial charge in [-0.1, -0.05) is 19.9 Å². The molecule has 2 rings (SSSR count). The van der Waals surface area contributed by atoms with Gasteiger partial charge in [-0.3, -0.25) is 9.79 Å². The minimum Gasteiger partial charge on any atom is -0.356 e. The Hall–Kier alpha value is -2.11. The smallest absolute Gasteiger partial charge is 0.227 e. The lowest BCUT2D eigenvalue weighted by Crippen LogP contribution is -2.41. The van der Waals surface area contributed by atoms with Crippen LogP contribution >= 0.6 is 0 Å². The molecule has 1 aromatic heterocycles. The molecule has 1 fully saturated rings. The summed E-state index contributed by atoms with van der Waals surface area (Å²) >= 11 is 0. The summed E-state index contributed by atoms with van der Waals surface area (Å²) in [6, 6.07) is 3.74. The summed E-state index contributed by atoms with van der Waals surface area (Å²) in [4.78, 5) is 22.7. The van der Waals surface area contributed by atoms with Crippen LogP contribution in [0.3, 0.4) is 0 Å². The molecule has 0 radical (unpaired) electrons. The molecule has 0 saturated carbocycles. The third-order valence-corrected chi connectivity index (χ3v) is 4.00. The highest BCUT2D eigenvalue weighted by molar-refractivity contribution is 5.90. The number of aryl methyl sites for hydroxylation is 1. The van der Waals surface area contributed by atoms with E-state index in [1.165, 1.54) is 0 Å². The molecule has 23 heavy (non-hydrogen) atoms. The Morgan fingerprint density at radius 1 is 1.43 bits per heavy atom. The van der Waals surface area contributed by atoms with Crippen molar-refractivity contribution in [3.8, 4) is 0 Å². The second-order valence-corrected chi connectivity index (χ2v) is 6.83. The first-order valence-electron chi connectivity index (χ1n) is 8.08. The maximum absolute atomic E-state index is 11.9. The summed E-state index contributed by atoms with van der Waals surface area (Å²) in [6.45, 7) is 9.05. The van der Waals surface area contributed by atoms with E-state index in [1.54, 1.807) is 13.2 Å². The number of guanidine groups is 1. The second-order valence-electron chi connectivity index (χ2n) is 6.83. The Morgan fingerprint density at radius 3 is 2.78 bits per heavy atom. The predicted molar refractivity (Wildman–Crippen MR) is 93.6 cm³/mol. The number of likely N-dealkylation sites (tertiary alicyclic amines) is 1. The topological polar surface area (TPSA) is 69.6 Å². The van der Waals surface area contributed by atoms with E-state index in [1.807, 2.05) is 19.1 Å². The van der Waals surface area contributed by atoms with E-state index >= 15 is 0 Å². The van der Waals surface area contributed by atoms with E-state index in [0.717, 1.165) is 31.0 Å². The quantitative estimate of drug-likeness (QED) is 0.658. The molecule has 126 valence electrons. The van der Waals surface area contributed by atoms with Gasteiger partial charge in [0.05, 0.1) is 0 Å². The van der Waals surface area contributed by atoms with Gasteiger partial charge in [0, 0.05) is 39.3 Å². The first kappa shape index (κ1) is 17.2. The zero-order valence-electron chi connectivity index (χ0n) is 14.5. The molecule has 2 heterocycles. The fourth-order valence-corrected chi connectivity index (χ4v) is 2.66. The molecule has 0 atom stereocenters. The zero-order valence-corrected chi connectivity index (χ0v) is 14.5. The SMILES string of the molecule is CN=C(NCCC(=O)Nc1ccc(C)cn1)N1CCC(C)(C)C1. The van der Waals surface area contributed by atoms with Crippen LogP contribution in [0.5, 0.6) is 0 Å². The van der Waals surface area contributed by atoms with E-state index in [4.69, 9.17) is 0 Å². The highest BCUT2D eigenvalue weighted by Gasteiger charge is 2.30. The summed E-state index contributed by atoms with van der Waals surface area (Å²) in [6.07, 6.45) is 3.28. The molecular weight excluding hydrogens is 290 g/mol. The van der Waals surface area contributed by atoms with Crippen molar-refractivity contribution in [3.63, 3.8) is 0 Å². The fraction of sp³-hybridized carbons (Fsp3) is 0.588. The molecule has 1 aliphatic rings. The maximum atomic E-state index is 11.9. The second kappa shape index (κ2) is 7.44. The summed E-state index contributed by atoms with van der Waals surface area (Å²) in [5, 5.41) is 6.07. The molecule has 2 N–H and O–H groups in total. The van der Waals surface area contributed by atoms with Crippen LogP contribution in [0.15, 0.2) is 23.3 Å². The van der Waals surface area contributed by atoms with Gasteiger partial charge in [-0.05, 0) is 30.4 Å². The van der Waals surface area contributed by atoms with Gasteiger partial charge in [-0.2, -0.15) is 0 Å². The Bertz CT molecular complexity index is 565. The normalized spacial score (nSPS) is 17.2. The average molecular weight is 317 g/mol. The van der Waals surface area contributed by atoms with E-state index < -0.39 is 0 Å². The van der Waals surface area contributed by atoms with Crippen molar-refractivity contribution in [2.75, 3.05) is 32.0 Å². The molecule has 1 amide bonds. The monoisotopic (exact) mass is 317 g/mol. The van der Waals surface area contributed by atoms with Crippen LogP contribution in [0.4, 0.5) is 5.82 Å². The zero-order chi connectivity index (χ0) is 16.9. The van der Waals surface area contributed by atoms with E-state index in [0.29, 0.717) is 24.2 Å². The molecule has 6 nitrogen and oxygen atoms in total. The first-order valence-corrected chi connectivity index (χ1v) is 8.08. The Labute approximate surface area is 138 Å². The number of hydrogen-bond acceptors (Lipinski definition) is 3. The van der Waals surface area contributed by atoms with Crippen molar-refractivity contribution < 1.29 is 4.79 Å². The number of aromatic nitrogens is 1. The minimum atomic E-state index is -0.0499. The molecule has 6 heteroatoms. The van der Waals surface area contributed by atoms with Crippen LogP contribution in [-0.2, 0) is 4.79 Å². The van der Waals surface area contributed by atoms with Gasteiger partial charge in [-0.15, -0.1) is 0 Å². The van der Waals surface area contributed by atoms with E-state index in [2.05, 4.69) is 39.4 Å². The number of nitrogens with zero attached hydrogens (tertiary/aromatic N) is 3. The lowest BCUT2D eigenvalue weighted by Gasteiger charge is -2.23. The number of pyridine rings is 1. The Morgan fingerprint density at radius 2 is 2.22 bits per heavy atom. The number of amides is 1. The number of hydrogen-bond donors (Lipinski definition) is 2. The Balaban J connectivity index is 1.75. The van der Waals surface area contributed by atoms with Crippen LogP contribution in [0.25, 0.3) is 0 Å². The Kier molecular flexibility index (Phi) is 5.58. The van der Waals surface area contributed by atoms with Crippen LogP contribution < -0.4 is 10.6 Å². The minimum absolute atomic E-state index is 0.0499. The number of nitrogens with one attached hydrogen (secondary N) is 2. The van der Waals surface area contributed by atoms with Crippen molar-refractivity contribution in [3.05, 3.63) is 23.9 Å². The van der Waals surface area contributed by atoms with Crippen LogP contribution in [0.2, 0.25) is 0 Å². The first-order chi connectivity index (χ1) is 10.9. The van der Waals surface area contributed by atoms with Gasteiger partial charge in [-0.25, -0.2) is 4.98 Å². The lowest BCUT2D eigenvalue weighted by molar-refractivity contribution is -0.116. The van der Waals surface area contributed by atoms with Crippen molar-refractivity contribution in [2.24, 2.45) is 10.4 Å². The van der Waals surface area contributed by atoms with E-state index in [-0.39, 0.29) is 5.91 Å². The van der Waals surface area contributed by atoms with Gasteiger partial charge >= 0.3 is 0 Å². The van der Waals surface area contributed by atoms with Crippen molar-refractivity contribution in [2.45, 2.75) is 33.6 Å². The van der Waals surface area contributed by atoms with Gasteiger partial charge in [0.1, 0.15) is 5.82 Å². The molecule has 0 spiro atoms. The van der Waals surface area contributed by atoms with Crippen LogP contribution in [0.1, 0.15) is 32.3 Å². The summed E-state index contributed by atoms with van der Waals surface area (Å²) < 4.78 is 0. The van der Waals surface area contributed by atoms with Gasteiger partial charge in [0.15, 0.2) is 5.96 Å². The lowest BCUT2D eigenvalue weighted by atomic mass is 9.93. The highest BCUT2D eigenvalue weighted by atomic mass is 16.1. The number of anilines is 1. The number of carbonyl (C=O) groups is 1. The van der Waals surface area contributed by atoms with Crippen molar-refractivity contribution in [1.29, 1.82) is 0 Å². The highest BCUT2D eigenvalue weighted by Crippen LogP contribution is 2.28. The molecule has 0 aromatic carbocycles. The average Bonchev–Trinajstić information content (AvgIpc) is 2.86. The molecule has 0 unspecified atom stereocenters. The molecular formula is C17H27N5O. The summed E-state index contributed by atoms with van der Waals surface area (Å²) in [7, 11) is 1.78. The predicted octanol–water partition coefficient (Wildman–Crippen LogP) is 2.03. The molecule has 1 aliphatic heterocycles. The van der Waals surface area contributed by atoms with Crippen molar-refractivity contribution in [1.82, 2.24) is 15.2 Å². The summed E-state index contributed by atoms with van der Waals surface area (Å²) in [5.41, 5.74) is 1.40. The van der Waals surface area contributed by atoms with E-state index in [9.17, 15) is 4.79 Å².